The Kier molecular flexibility index (Phi) is 5.09. The standard InChI is InChI=1S/C19H19N3O3S/c1-12-13(2)26-19(22-8-3-4-9-22)17(12)18(24)21-14-6-5-7-15(10-14)25-11-16(20)23/h3-10H,11H2,1-2H3,(H2,20,23)(H,21,24). The molecule has 0 unspecified atom stereocenters. The lowest BCUT2D eigenvalue weighted by molar-refractivity contribution is -0.119. The lowest BCUT2D eigenvalue weighted by Crippen LogP contribution is -2.20. The fourth-order valence-electron chi connectivity index (χ4n) is 2.54. The topological polar surface area (TPSA) is 86.3 Å². The van der Waals surface area contributed by atoms with Crippen LogP contribution in [0.3, 0.4) is 0 Å². The van der Waals surface area contributed by atoms with Crippen LogP contribution >= 0.6 is 11.3 Å². The first-order valence-electron chi connectivity index (χ1n) is 8.01. The molecule has 26 heavy (non-hydrogen) atoms. The van der Waals surface area contributed by atoms with Gasteiger partial charge in [-0.05, 0) is 43.7 Å². The number of hydrogen-bond donors (Lipinski definition) is 2. The molecule has 6 nitrogen and oxygen atoms in total. The molecule has 0 bridgehead atoms. The summed E-state index contributed by atoms with van der Waals surface area (Å²) in [6.07, 6.45) is 3.83. The summed E-state index contributed by atoms with van der Waals surface area (Å²) in [6.45, 7) is 3.74. The molecule has 7 heteroatoms. The van der Waals surface area contributed by atoms with Crippen LogP contribution in [-0.4, -0.2) is 23.0 Å². The van der Waals surface area contributed by atoms with Gasteiger partial charge in [0.05, 0.1) is 5.56 Å². The Morgan fingerprint density at radius 1 is 1.19 bits per heavy atom. The highest BCUT2D eigenvalue weighted by atomic mass is 32.1. The van der Waals surface area contributed by atoms with Crippen molar-refractivity contribution in [2.45, 2.75) is 13.8 Å². The van der Waals surface area contributed by atoms with Crippen LogP contribution in [0.2, 0.25) is 0 Å². The van der Waals surface area contributed by atoms with Gasteiger partial charge in [0.1, 0.15) is 10.8 Å². The quantitative estimate of drug-likeness (QED) is 0.699. The number of aromatic nitrogens is 1. The minimum Gasteiger partial charge on any atom is -0.484 e. The van der Waals surface area contributed by atoms with Gasteiger partial charge in [0.15, 0.2) is 6.61 Å². The number of nitrogens with two attached hydrogens (primary N) is 1. The van der Waals surface area contributed by atoms with Crippen molar-refractivity contribution in [2.75, 3.05) is 11.9 Å². The van der Waals surface area contributed by atoms with Crippen LogP contribution in [-0.2, 0) is 4.79 Å². The van der Waals surface area contributed by atoms with Gasteiger partial charge >= 0.3 is 0 Å². The SMILES string of the molecule is Cc1sc(-n2cccc2)c(C(=O)Nc2cccc(OCC(N)=O)c2)c1C. The number of nitrogens with one attached hydrogen (secondary N) is 1. The smallest absolute Gasteiger partial charge is 0.258 e. The summed E-state index contributed by atoms with van der Waals surface area (Å²) in [7, 11) is 0. The highest BCUT2D eigenvalue weighted by molar-refractivity contribution is 7.15. The minimum absolute atomic E-state index is 0.192. The first kappa shape index (κ1) is 17.8. The third kappa shape index (κ3) is 3.78. The van der Waals surface area contributed by atoms with Crippen LogP contribution < -0.4 is 15.8 Å². The fraction of sp³-hybridized carbons (Fsp3) is 0.158. The molecule has 3 rings (SSSR count). The van der Waals surface area contributed by atoms with E-state index >= 15 is 0 Å². The number of anilines is 1. The van der Waals surface area contributed by atoms with Crippen molar-refractivity contribution < 1.29 is 14.3 Å². The van der Waals surface area contributed by atoms with Gasteiger partial charge in [0.2, 0.25) is 0 Å². The number of ether oxygens (including phenoxy) is 1. The lowest BCUT2D eigenvalue weighted by Gasteiger charge is -2.10. The second-order valence-corrected chi connectivity index (χ2v) is 6.99. The number of rotatable bonds is 6. The minimum atomic E-state index is -0.555. The number of primary amides is 1. The lowest BCUT2D eigenvalue weighted by atomic mass is 10.1. The average Bonchev–Trinajstić information content (AvgIpc) is 3.22. The van der Waals surface area contributed by atoms with Crippen LogP contribution in [0.4, 0.5) is 5.69 Å². The molecular formula is C19H19N3O3S. The number of benzene rings is 1. The highest BCUT2D eigenvalue weighted by Gasteiger charge is 2.20. The second kappa shape index (κ2) is 7.45. The van der Waals surface area contributed by atoms with Crippen LogP contribution in [0.15, 0.2) is 48.8 Å². The van der Waals surface area contributed by atoms with E-state index in [4.69, 9.17) is 10.5 Å². The molecule has 0 atom stereocenters. The summed E-state index contributed by atoms with van der Waals surface area (Å²) in [5.41, 5.74) is 7.27. The fourth-order valence-corrected chi connectivity index (χ4v) is 3.66. The third-order valence-electron chi connectivity index (χ3n) is 3.91. The maximum absolute atomic E-state index is 12.9. The van der Waals surface area contributed by atoms with Gasteiger partial charge in [-0.3, -0.25) is 9.59 Å². The van der Waals surface area contributed by atoms with E-state index in [0.717, 1.165) is 15.4 Å². The van der Waals surface area contributed by atoms with Crippen molar-refractivity contribution in [3.63, 3.8) is 0 Å². The Morgan fingerprint density at radius 2 is 1.92 bits per heavy atom. The summed E-state index contributed by atoms with van der Waals surface area (Å²) >= 11 is 1.58. The van der Waals surface area contributed by atoms with Gasteiger partial charge in [-0.15, -0.1) is 11.3 Å². The maximum atomic E-state index is 12.9. The highest BCUT2D eigenvalue weighted by Crippen LogP contribution is 2.31. The van der Waals surface area contributed by atoms with E-state index in [0.29, 0.717) is 17.0 Å². The van der Waals surface area contributed by atoms with Crippen molar-refractivity contribution in [3.8, 4) is 10.8 Å². The van der Waals surface area contributed by atoms with Crippen LogP contribution in [0.25, 0.3) is 5.00 Å². The van der Waals surface area contributed by atoms with Gasteiger partial charge in [-0.2, -0.15) is 0 Å². The monoisotopic (exact) mass is 369 g/mol. The number of thiophene rings is 1. The summed E-state index contributed by atoms with van der Waals surface area (Å²) in [6, 6.07) is 10.7. The number of carbonyl (C=O) groups excluding carboxylic acids is 2. The number of nitrogens with zero attached hydrogens (tertiary/aromatic N) is 1. The Labute approximate surface area is 155 Å². The van der Waals surface area contributed by atoms with Gasteiger partial charge in [-0.1, -0.05) is 6.07 Å². The molecule has 0 radical (unpaired) electrons. The van der Waals surface area contributed by atoms with E-state index in [1.807, 2.05) is 42.9 Å². The summed E-state index contributed by atoms with van der Waals surface area (Å²) in [4.78, 5) is 24.8. The van der Waals surface area contributed by atoms with Crippen molar-refractivity contribution in [2.24, 2.45) is 5.73 Å². The molecule has 0 aliphatic carbocycles. The molecule has 1 aromatic carbocycles. The van der Waals surface area contributed by atoms with E-state index in [1.165, 1.54) is 0 Å². The first-order chi connectivity index (χ1) is 12.5. The Hall–Kier alpha value is -3.06. The molecular weight excluding hydrogens is 350 g/mol. The van der Waals surface area contributed by atoms with Crippen molar-refractivity contribution in [1.29, 1.82) is 0 Å². The Balaban J connectivity index is 1.85. The van der Waals surface area contributed by atoms with E-state index < -0.39 is 5.91 Å². The molecule has 3 aromatic rings. The van der Waals surface area contributed by atoms with Crippen molar-refractivity contribution in [1.82, 2.24) is 4.57 Å². The molecule has 0 fully saturated rings. The van der Waals surface area contributed by atoms with Gasteiger partial charge < -0.3 is 20.4 Å². The normalized spacial score (nSPS) is 10.5. The van der Waals surface area contributed by atoms with Crippen LogP contribution in [0, 0.1) is 13.8 Å². The van der Waals surface area contributed by atoms with Gasteiger partial charge in [0.25, 0.3) is 11.8 Å². The number of amides is 2. The Bertz CT molecular complexity index is 945. The molecule has 134 valence electrons. The molecule has 0 aliphatic rings. The predicted molar refractivity (Wildman–Crippen MR) is 102 cm³/mol. The van der Waals surface area contributed by atoms with Crippen molar-refractivity contribution in [3.05, 3.63) is 64.8 Å². The van der Waals surface area contributed by atoms with Crippen LogP contribution in [0.5, 0.6) is 5.75 Å². The summed E-state index contributed by atoms with van der Waals surface area (Å²) < 4.78 is 7.21. The summed E-state index contributed by atoms with van der Waals surface area (Å²) in [5.74, 6) is -0.284. The maximum Gasteiger partial charge on any atom is 0.258 e. The molecule has 2 aromatic heterocycles. The van der Waals surface area contributed by atoms with E-state index in [-0.39, 0.29) is 12.5 Å². The zero-order chi connectivity index (χ0) is 18.7. The predicted octanol–water partition coefficient (Wildman–Crippen LogP) is 3.27. The van der Waals surface area contributed by atoms with Crippen LogP contribution in [0.1, 0.15) is 20.8 Å². The zero-order valence-electron chi connectivity index (χ0n) is 14.5. The molecule has 2 amide bonds. The number of carbonyl (C=O) groups is 2. The zero-order valence-corrected chi connectivity index (χ0v) is 15.3. The summed E-state index contributed by atoms with van der Waals surface area (Å²) in [5, 5.41) is 3.78. The van der Waals surface area contributed by atoms with E-state index in [2.05, 4.69) is 5.32 Å². The number of aryl methyl sites for hydroxylation is 1. The van der Waals surface area contributed by atoms with E-state index in [1.54, 1.807) is 35.6 Å². The molecule has 2 heterocycles. The molecule has 0 saturated heterocycles. The van der Waals surface area contributed by atoms with E-state index in [9.17, 15) is 9.59 Å². The molecule has 0 saturated carbocycles. The van der Waals surface area contributed by atoms with Gasteiger partial charge in [0, 0.05) is 29.0 Å². The largest absolute Gasteiger partial charge is 0.484 e. The first-order valence-corrected chi connectivity index (χ1v) is 8.83. The molecule has 0 spiro atoms. The van der Waals surface area contributed by atoms with Gasteiger partial charge in [-0.25, -0.2) is 0 Å². The average molecular weight is 369 g/mol. The molecule has 0 aliphatic heterocycles. The van der Waals surface area contributed by atoms with Crippen molar-refractivity contribution >= 4 is 28.8 Å². The third-order valence-corrected chi connectivity index (χ3v) is 5.13. The Morgan fingerprint density at radius 3 is 2.62 bits per heavy atom. The molecule has 3 N–H and O–H groups in total. The second-order valence-electron chi connectivity index (χ2n) is 5.79. The number of hydrogen-bond acceptors (Lipinski definition) is 4.